The first-order chi connectivity index (χ1) is 7.54. The van der Waals surface area contributed by atoms with Gasteiger partial charge in [0.05, 0.1) is 5.69 Å². The Labute approximate surface area is 98.2 Å². The molecule has 0 aliphatic heterocycles. The van der Waals surface area contributed by atoms with Crippen LogP contribution in [0.4, 0.5) is 5.69 Å². The Bertz CT molecular complexity index is 384. The normalized spacial score (nSPS) is 12.4. The smallest absolute Gasteiger partial charge is 0.267 e. The zero-order chi connectivity index (χ0) is 12.1. The van der Waals surface area contributed by atoms with Crippen molar-refractivity contribution in [2.75, 3.05) is 18.1 Å². The van der Waals surface area contributed by atoms with Crippen LogP contribution in [0.5, 0.6) is 0 Å². The topological polar surface area (TPSA) is 102 Å². The summed E-state index contributed by atoms with van der Waals surface area (Å²) in [5, 5.41) is 9.47. The number of thioether (sulfide) groups is 1. The lowest BCUT2D eigenvalue weighted by Gasteiger charge is -2.09. The largest absolute Gasteiger partial charge is 0.397 e. The Hall–Kier alpha value is -1.27. The van der Waals surface area contributed by atoms with Crippen LogP contribution in [0.2, 0.25) is 0 Å². The number of hydrogen-bond donors (Lipinski definition) is 3. The summed E-state index contributed by atoms with van der Waals surface area (Å²) in [6.45, 7) is 2.03. The molecule has 0 aliphatic carbocycles. The van der Waals surface area contributed by atoms with Crippen LogP contribution in [0.15, 0.2) is 17.2 Å². The van der Waals surface area contributed by atoms with Gasteiger partial charge in [-0.05, 0) is 18.1 Å². The Kier molecular flexibility index (Phi) is 4.57. The van der Waals surface area contributed by atoms with Crippen molar-refractivity contribution in [3.63, 3.8) is 0 Å². The van der Waals surface area contributed by atoms with Gasteiger partial charge in [-0.15, -0.1) is 11.8 Å². The summed E-state index contributed by atoms with van der Waals surface area (Å²) in [7, 11) is 0. The van der Waals surface area contributed by atoms with Crippen molar-refractivity contribution in [2.45, 2.75) is 11.9 Å². The van der Waals surface area contributed by atoms with Gasteiger partial charge in [-0.1, -0.05) is 6.92 Å². The molecule has 0 aliphatic rings. The molecule has 5 nitrogen and oxygen atoms in total. The second kappa shape index (κ2) is 5.72. The average molecular weight is 241 g/mol. The van der Waals surface area contributed by atoms with Gasteiger partial charge in [-0.3, -0.25) is 4.79 Å². The number of carbonyl (C=O) groups excluding carboxylic acids is 1. The van der Waals surface area contributed by atoms with Crippen LogP contribution in [0.1, 0.15) is 17.4 Å². The highest BCUT2D eigenvalue weighted by molar-refractivity contribution is 7.99. The summed E-state index contributed by atoms with van der Waals surface area (Å²) in [5.74, 6) is 0.274. The first kappa shape index (κ1) is 12.8. The zero-order valence-electron chi connectivity index (χ0n) is 9.01. The lowest BCUT2D eigenvalue weighted by Crippen LogP contribution is -2.14. The maximum atomic E-state index is 10.9. The van der Waals surface area contributed by atoms with E-state index in [1.165, 1.54) is 17.8 Å². The quantitative estimate of drug-likeness (QED) is 0.651. The van der Waals surface area contributed by atoms with Gasteiger partial charge in [0.2, 0.25) is 0 Å². The fraction of sp³-hybridized carbons (Fsp3) is 0.400. The molecule has 0 spiro atoms. The predicted octanol–water partition coefficient (Wildman–Crippen LogP) is 0.483. The second-order valence-corrected chi connectivity index (χ2v) is 4.56. The maximum absolute atomic E-state index is 10.9. The van der Waals surface area contributed by atoms with Crippen LogP contribution in [0.3, 0.4) is 0 Å². The molecule has 5 N–H and O–H groups in total. The summed E-state index contributed by atoms with van der Waals surface area (Å²) in [5.41, 5.74) is 11.6. The number of nitrogens with zero attached hydrogens (tertiary/aromatic N) is 1. The number of rotatable bonds is 5. The molecule has 1 rings (SSSR count). The Morgan fingerprint density at radius 1 is 1.62 bits per heavy atom. The minimum absolute atomic E-state index is 0.114. The fourth-order valence-electron chi connectivity index (χ4n) is 0.978. The predicted molar refractivity (Wildman–Crippen MR) is 64.1 cm³/mol. The van der Waals surface area contributed by atoms with E-state index in [4.69, 9.17) is 16.6 Å². The number of aromatic nitrogens is 1. The molecule has 0 aromatic carbocycles. The molecule has 1 atom stereocenters. The van der Waals surface area contributed by atoms with Gasteiger partial charge in [0, 0.05) is 12.4 Å². The van der Waals surface area contributed by atoms with E-state index < -0.39 is 5.91 Å². The molecule has 0 bridgehead atoms. The maximum Gasteiger partial charge on any atom is 0.267 e. The standard InChI is InChI=1S/C10H15N3O2S/c1-6(4-14)5-16-10-7(11)2-3-8(13-10)9(12)15/h2-3,6,14H,4-5,11H2,1H3,(H2,12,15). The zero-order valence-corrected chi connectivity index (χ0v) is 9.83. The first-order valence-corrected chi connectivity index (χ1v) is 5.83. The van der Waals surface area contributed by atoms with Gasteiger partial charge < -0.3 is 16.6 Å². The summed E-state index contributed by atoms with van der Waals surface area (Å²) in [6.07, 6.45) is 0. The Morgan fingerprint density at radius 3 is 2.88 bits per heavy atom. The van der Waals surface area contributed by atoms with Crippen LogP contribution in [0, 0.1) is 5.92 Å². The highest BCUT2D eigenvalue weighted by Gasteiger charge is 2.09. The van der Waals surface area contributed by atoms with Crippen LogP contribution in [0.25, 0.3) is 0 Å². The van der Waals surface area contributed by atoms with E-state index in [0.717, 1.165) is 0 Å². The molecular weight excluding hydrogens is 226 g/mol. The first-order valence-electron chi connectivity index (χ1n) is 4.84. The Morgan fingerprint density at radius 2 is 2.31 bits per heavy atom. The molecule has 1 amide bonds. The number of hydrogen-bond acceptors (Lipinski definition) is 5. The number of primary amides is 1. The van der Waals surface area contributed by atoms with E-state index in [2.05, 4.69) is 4.98 Å². The summed E-state index contributed by atoms with van der Waals surface area (Å²) in [4.78, 5) is 15.0. The molecule has 6 heteroatoms. The Balaban J connectivity index is 2.78. The number of carbonyl (C=O) groups is 1. The number of anilines is 1. The van der Waals surface area contributed by atoms with Gasteiger partial charge in [-0.25, -0.2) is 4.98 Å². The van der Waals surface area contributed by atoms with Crippen LogP contribution < -0.4 is 11.5 Å². The van der Waals surface area contributed by atoms with Gasteiger partial charge in [0.1, 0.15) is 10.7 Å². The van der Waals surface area contributed by atoms with Crippen molar-refractivity contribution in [1.82, 2.24) is 4.98 Å². The molecule has 1 unspecified atom stereocenters. The molecule has 0 radical (unpaired) electrons. The SMILES string of the molecule is CC(CO)CSc1nc(C(N)=O)ccc1N. The number of amides is 1. The van der Waals surface area contributed by atoms with E-state index in [0.29, 0.717) is 16.5 Å². The molecular formula is C10H15N3O2S. The summed E-state index contributed by atoms with van der Waals surface area (Å²) in [6, 6.07) is 3.11. The van der Waals surface area contributed by atoms with E-state index in [1.54, 1.807) is 6.07 Å². The van der Waals surface area contributed by atoms with Crippen molar-refractivity contribution in [3.8, 4) is 0 Å². The van der Waals surface area contributed by atoms with E-state index in [1.807, 2.05) is 6.92 Å². The molecule has 1 aromatic heterocycles. The number of aliphatic hydroxyl groups excluding tert-OH is 1. The summed E-state index contributed by atoms with van der Waals surface area (Å²) >= 11 is 1.41. The summed E-state index contributed by atoms with van der Waals surface area (Å²) < 4.78 is 0. The number of nitrogen functional groups attached to an aromatic ring is 1. The molecule has 1 aromatic rings. The van der Waals surface area contributed by atoms with Gasteiger partial charge in [0.15, 0.2) is 0 Å². The molecule has 16 heavy (non-hydrogen) atoms. The van der Waals surface area contributed by atoms with Crippen LogP contribution >= 0.6 is 11.8 Å². The molecule has 88 valence electrons. The number of pyridine rings is 1. The second-order valence-electron chi connectivity index (χ2n) is 3.55. The minimum atomic E-state index is -0.572. The van der Waals surface area contributed by atoms with E-state index >= 15 is 0 Å². The van der Waals surface area contributed by atoms with E-state index in [-0.39, 0.29) is 18.2 Å². The van der Waals surface area contributed by atoms with Gasteiger partial charge in [-0.2, -0.15) is 0 Å². The van der Waals surface area contributed by atoms with Gasteiger partial charge in [0.25, 0.3) is 5.91 Å². The highest BCUT2D eigenvalue weighted by Crippen LogP contribution is 2.24. The third kappa shape index (κ3) is 3.39. The third-order valence-corrected chi connectivity index (χ3v) is 3.29. The molecule has 1 heterocycles. The molecule has 0 saturated carbocycles. The average Bonchev–Trinajstić information content (AvgIpc) is 2.27. The van der Waals surface area contributed by atoms with Crippen molar-refractivity contribution >= 4 is 23.4 Å². The lowest BCUT2D eigenvalue weighted by atomic mass is 10.2. The number of nitrogens with two attached hydrogens (primary N) is 2. The molecule has 0 saturated heterocycles. The van der Waals surface area contributed by atoms with Crippen LogP contribution in [-0.2, 0) is 0 Å². The minimum Gasteiger partial charge on any atom is -0.397 e. The van der Waals surface area contributed by atoms with E-state index in [9.17, 15) is 4.79 Å². The van der Waals surface area contributed by atoms with Crippen molar-refractivity contribution < 1.29 is 9.90 Å². The molecule has 0 fully saturated rings. The van der Waals surface area contributed by atoms with Gasteiger partial charge >= 0.3 is 0 Å². The highest BCUT2D eigenvalue weighted by atomic mass is 32.2. The van der Waals surface area contributed by atoms with Crippen LogP contribution in [-0.4, -0.2) is 28.4 Å². The van der Waals surface area contributed by atoms with Crippen molar-refractivity contribution in [1.29, 1.82) is 0 Å². The monoisotopic (exact) mass is 241 g/mol. The fourth-order valence-corrected chi connectivity index (χ4v) is 1.92. The number of aliphatic hydroxyl groups is 1. The third-order valence-electron chi connectivity index (χ3n) is 1.96. The lowest BCUT2D eigenvalue weighted by molar-refractivity contribution is 0.0995. The van der Waals surface area contributed by atoms with Crippen molar-refractivity contribution in [2.24, 2.45) is 11.7 Å². The van der Waals surface area contributed by atoms with Crippen molar-refractivity contribution in [3.05, 3.63) is 17.8 Å².